The molecule has 1 aromatic rings. The van der Waals surface area contributed by atoms with Crippen molar-refractivity contribution in [1.82, 2.24) is 10.4 Å². The van der Waals surface area contributed by atoms with Gasteiger partial charge in [-0.3, -0.25) is 9.63 Å². The van der Waals surface area contributed by atoms with Crippen LogP contribution in [0.2, 0.25) is 5.02 Å². The topological polar surface area (TPSA) is 67.9 Å². The van der Waals surface area contributed by atoms with E-state index in [-0.39, 0.29) is 12.3 Å². The molecule has 0 saturated carbocycles. The van der Waals surface area contributed by atoms with Gasteiger partial charge >= 0.3 is 6.09 Å². The fourth-order valence-electron chi connectivity index (χ4n) is 1.99. The Labute approximate surface area is 161 Å². The second-order valence-electron chi connectivity index (χ2n) is 6.45. The average molecular weight is 387 g/mol. The standard InChI is InChI=1S/C17H25ClN2O4.C2H6/c1-17(2,3)24-16(22)19-14(11-15(21)20(4)23-5)10-12-6-8-13(18)9-7-12;1-2/h6-9,14H,10-11H2,1-5H3,(H,19,22);1-2H3. The van der Waals surface area contributed by atoms with Gasteiger partial charge in [0.1, 0.15) is 5.60 Å². The normalized spacial score (nSPS) is 11.7. The predicted molar refractivity (Wildman–Crippen MR) is 104 cm³/mol. The maximum absolute atomic E-state index is 12.1. The smallest absolute Gasteiger partial charge is 0.407 e. The Hall–Kier alpha value is -1.79. The molecule has 148 valence electrons. The van der Waals surface area contributed by atoms with Gasteiger partial charge in [0.25, 0.3) is 0 Å². The second kappa shape index (κ2) is 11.8. The van der Waals surface area contributed by atoms with Gasteiger partial charge in [-0.05, 0) is 44.9 Å². The highest BCUT2D eigenvalue weighted by atomic mass is 35.5. The first-order valence-corrected chi connectivity index (χ1v) is 9.03. The number of rotatable bonds is 6. The third-order valence-corrected chi connectivity index (χ3v) is 3.41. The monoisotopic (exact) mass is 386 g/mol. The maximum Gasteiger partial charge on any atom is 0.407 e. The zero-order chi connectivity index (χ0) is 20.3. The summed E-state index contributed by atoms with van der Waals surface area (Å²) < 4.78 is 5.27. The molecule has 0 aliphatic carbocycles. The molecule has 1 atom stereocenters. The van der Waals surface area contributed by atoms with Crippen molar-refractivity contribution in [2.75, 3.05) is 14.2 Å². The fraction of sp³-hybridized carbons (Fsp3) is 0.579. The van der Waals surface area contributed by atoms with Gasteiger partial charge in [0.05, 0.1) is 7.11 Å². The van der Waals surface area contributed by atoms with Crippen molar-refractivity contribution in [2.45, 2.75) is 59.1 Å². The number of hydroxylamine groups is 2. The van der Waals surface area contributed by atoms with Crippen LogP contribution in [0.3, 0.4) is 0 Å². The molecule has 0 radical (unpaired) electrons. The number of benzene rings is 1. The molecule has 0 aromatic heterocycles. The summed E-state index contributed by atoms with van der Waals surface area (Å²) in [6.07, 6.45) is 0.000622. The molecule has 7 heteroatoms. The Morgan fingerprint density at radius 1 is 1.19 bits per heavy atom. The summed E-state index contributed by atoms with van der Waals surface area (Å²) in [4.78, 5) is 29.0. The van der Waals surface area contributed by atoms with Crippen molar-refractivity contribution in [3.05, 3.63) is 34.9 Å². The number of hydrogen-bond acceptors (Lipinski definition) is 4. The highest BCUT2D eigenvalue weighted by molar-refractivity contribution is 6.30. The first-order valence-electron chi connectivity index (χ1n) is 8.65. The largest absolute Gasteiger partial charge is 0.444 e. The van der Waals surface area contributed by atoms with E-state index in [0.717, 1.165) is 10.6 Å². The Bertz CT molecular complexity index is 556. The molecule has 1 aromatic carbocycles. The first kappa shape index (κ1) is 24.2. The van der Waals surface area contributed by atoms with Crippen LogP contribution in [0.5, 0.6) is 0 Å². The molecule has 0 bridgehead atoms. The van der Waals surface area contributed by atoms with Crippen LogP contribution in [-0.2, 0) is 20.8 Å². The molecule has 1 unspecified atom stereocenters. The molecular formula is C19H31ClN2O4. The molecule has 1 N–H and O–H groups in total. The number of nitrogens with zero attached hydrogens (tertiary/aromatic N) is 1. The van der Waals surface area contributed by atoms with Crippen molar-refractivity contribution in [2.24, 2.45) is 0 Å². The zero-order valence-electron chi connectivity index (χ0n) is 16.8. The molecule has 0 spiro atoms. The van der Waals surface area contributed by atoms with Crippen LogP contribution in [0.15, 0.2) is 24.3 Å². The number of carbonyl (C=O) groups excluding carboxylic acids is 2. The van der Waals surface area contributed by atoms with E-state index in [2.05, 4.69) is 5.32 Å². The van der Waals surface area contributed by atoms with Crippen LogP contribution < -0.4 is 5.32 Å². The summed E-state index contributed by atoms with van der Waals surface area (Å²) in [6.45, 7) is 9.35. The van der Waals surface area contributed by atoms with Gasteiger partial charge in [0, 0.05) is 24.5 Å². The van der Waals surface area contributed by atoms with Gasteiger partial charge in [0.15, 0.2) is 0 Å². The lowest BCUT2D eigenvalue weighted by molar-refractivity contribution is -0.169. The van der Waals surface area contributed by atoms with Crippen LogP contribution >= 0.6 is 11.6 Å². The summed E-state index contributed by atoms with van der Waals surface area (Å²) in [5.41, 5.74) is 0.343. The third-order valence-electron chi connectivity index (χ3n) is 3.16. The van der Waals surface area contributed by atoms with Gasteiger partial charge in [-0.15, -0.1) is 0 Å². The van der Waals surface area contributed by atoms with Gasteiger partial charge in [-0.2, -0.15) is 0 Å². The van der Waals surface area contributed by atoms with Crippen LogP contribution in [0.1, 0.15) is 46.6 Å². The molecule has 0 fully saturated rings. The first-order chi connectivity index (χ1) is 12.1. The number of halogens is 1. The molecule has 0 saturated heterocycles. The number of carbonyl (C=O) groups is 2. The molecular weight excluding hydrogens is 356 g/mol. The summed E-state index contributed by atoms with van der Waals surface area (Å²) in [5, 5.41) is 4.51. The fourth-order valence-corrected chi connectivity index (χ4v) is 2.12. The predicted octanol–water partition coefficient (Wildman–Crippen LogP) is 4.21. The van der Waals surface area contributed by atoms with Crippen LogP contribution in [0.4, 0.5) is 4.79 Å². The number of nitrogens with one attached hydrogen (secondary N) is 1. The number of amides is 2. The maximum atomic E-state index is 12.1. The van der Waals surface area contributed by atoms with Gasteiger partial charge in [0.2, 0.25) is 5.91 Å². The molecule has 2 amide bonds. The van der Waals surface area contributed by atoms with E-state index >= 15 is 0 Å². The molecule has 1 rings (SSSR count). The number of alkyl carbamates (subject to hydrolysis) is 1. The zero-order valence-corrected chi connectivity index (χ0v) is 17.5. The summed E-state index contributed by atoms with van der Waals surface area (Å²) >= 11 is 5.88. The van der Waals surface area contributed by atoms with Crippen molar-refractivity contribution in [3.63, 3.8) is 0 Å². The van der Waals surface area contributed by atoms with E-state index in [1.54, 1.807) is 32.9 Å². The molecule has 0 heterocycles. The Morgan fingerprint density at radius 3 is 2.19 bits per heavy atom. The number of ether oxygens (including phenoxy) is 1. The van der Waals surface area contributed by atoms with Gasteiger partial charge in [-0.1, -0.05) is 37.6 Å². The highest BCUT2D eigenvalue weighted by Crippen LogP contribution is 2.14. The van der Waals surface area contributed by atoms with Crippen molar-refractivity contribution >= 4 is 23.6 Å². The summed E-state index contributed by atoms with van der Waals surface area (Å²) in [7, 11) is 2.93. The Morgan fingerprint density at radius 2 is 1.73 bits per heavy atom. The average Bonchev–Trinajstić information content (AvgIpc) is 2.56. The lowest BCUT2D eigenvalue weighted by atomic mass is 10.0. The second-order valence-corrected chi connectivity index (χ2v) is 6.89. The highest BCUT2D eigenvalue weighted by Gasteiger charge is 2.23. The number of hydrogen-bond donors (Lipinski definition) is 1. The molecule has 0 aliphatic rings. The Balaban J connectivity index is 0.00000301. The van der Waals surface area contributed by atoms with E-state index in [4.69, 9.17) is 21.2 Å². The third kappa shape index (κ3) is 10.3. The Kier molecular flexibility index (Phi) is 10.9. The van der Waals surface area contributed by atoms with Gasteiger partial charge in [-0.25, -0.2) is 9.86 Å². The minimum atomic E-state index is -0.609. The SMILES string of the molecule is CC.CON(C)C(=O)CC(Cc1ccc(Cl)cc1)NC(=O)OC(C)(C)C. The minimum Gasteiger partial charge on any atom is -0.444 e. The molecule has 26 heavy (non-hydrogen) atoms. The van der Waals surface area contributed by atoms with E-state index in [1.807, 2.05) is 26.0 Å². The van der Waals surface area contributed by atoms with Crippen molar-refractivity contribution in [1.29, 1.82) is 0 Å². The lowest BCUT2D eigenvalue weighted by Crippen LogP contribution is -2.43. The van der Waals surface area contributed by atoms with E-state index in [9.17, 15) is 9.59 Å². The van der Waals surface area contributed by atoms with E-state index < -0.39 is 17.7 Å². The molecule has 6 nitrogen and oxygen atoms in total. The quantitative estimate of drug-likeness (QED) is 0.743. The summed E-state index contributed by atoms with van der Waals surface area (Å²) in [5.74, 6) is -0.243. The summed E-state index contributed by atoms with van der Waals surface area (Å²) in [6, 6.07) is 6.83. The van der Waals surface area contributed by atoms with Crippen molar-refractivity contribution in [3.8, 4) is 0 Å². The van der Waals surface area contributed by atoms with Crippen LogP contribution in [-0.4, -0.2) is 42.9 Å². The van der Waals surface area contributed by atoms with E-state index in [1.165, 1.54) is 14.2 Å². The van der Waals surface area contributed by atoms with Crippen LogP contribution in [0, 0.1) is 0 Å². The van der Waals surface area contributed by atoms with Gasteiger partial charge < -0.3 is 10.1 Å². The van der Waals surface area contributed by atoms with Crippen molar-refractivity contribution < 1.29 is 19.2 Å². The van der Waals surface area contributed by atoms with Crippen LogP contribution in [0.25, 0.3) is 0 Å². The van der Waals surface area contributed by atoms with E-state index in [0.29, 0.717) is 11.4 Å². The minimum absolute atomic E-state index is 0.0895. The lowest BCUT2D eigenvalue weighted by Gasteiger charge is -2.24. The molecule has 0 aliphatic heterocycles.